The first-order valence-electron chi connectivity index (χ1n) is 7.12. The molecular formula is C15H15N3O3S2. The minimum Gasteiger partial charge on any atom is -0.315 e. The fraction of sp³-hybridized carbons (Fsp3) is 0.400. The van der Waals surface area contributed by atoms with Gasteiger partial charge >= 0.3 is 0 Å². The van der Waals surface area contributed by atoms with E-state index in [1.807, 2.05) is 36.1 Å². The first-order chi connectivity index (χ1) is 10.9. The van der Waals surface area contributed by atoms with Crippen molar-refractivity contribution in [3.8, 4) is 6.07 Å². The molecule has 8 heteroatoms. The maximum Gasteiger partial charge on any atom is 0.262 e. The van der Waals surface area contributed by atoms with Crippen LogP contribution in [0.25, 0.3) is 0 Å². The number of hydrogen-bond donors (Lipinski definition) is 0. The third-order valence-electron chi connectivity index (χ3n) is 3.89. The van der Waals surface area contributed by atoms with Gasteiger partial charge < -0.3 is 4.90 Å². The standard InChI is InChI=1S/C15H15N3O3S2/c1-10-4-2-3-5-11(10)18-12-8-23(20,21)9-13(12)22-15(18)17-14(19)6-7-16/h2-5,12-13H,6,8-9H2,1H3. The highest BCUT2D eigenvalue weighted by Crippen LogP contribution is 2.41. The fourth-order valence-electron chi connectivity index (χ4n) is 2.89. The molecule has 2 unspecified atom stereocenters. The van der Waals surface area contributed by atoms with E-state index in [0.717, 1.165) is 11.3 Å². The van der Waals surface area contributed by atoms with Crippen molar-refractivity contribution in [2.75, 3.05) is 16.4 Å². The number of aryl methyl sites for hydroxylation is 1. The SMILES string of the molecule is Cc1ccccc1N1C(=NC(=O)CC#N)SC2CS(=O)(=O)CC21. The molecule has 0 N–H and O–H groups in total. The van der Waals surface area contributed by atoms with E-state index >= 15 is 0 Å². The van der Waals surface area contributed by atoms with Crippen molar-refractivity contribution in [1.82, 2.24) is 0 Å². The number of amidine groups is 1. The van der Waals surface area contributed by atoms with Gasteiger partial charge in [0.05, 0.1) is 23.6 Å². The Morgan fingerprint density at radius 1 is 1.43 bits per heavy atom. The molecule has 1 amide bonds. The third kappa shape index (κ3) is 3.12. The van der Waals surface area contributed by atoms with Gasteiger partial charge in [0.1, 0.15) is 6.42 Å². The van der Waals surface area contributed by atoms with Crippen LogP contribution in [0.3, 0.4) is 0 Å². The van der Waals surface area contributed by atoms with Crippen LogP contribution in [-0.2, 0) is 14.6 Å². The molecule has 0 aliphatic carbocycles. The van der Waals surface area contributed by atoms with Gasteiger partial charge in [-0.05, 0) is 18.6 Å². The average Bonchev–Trinajstić information content (AvgIpc) is 2.91. The van der Waals surface area contributed by atoms with E-state index < -0.39 is 15.7 Å². The minimum absolute atomic E-state index is 0.0600. The van der Waals surface area contributed by atoms with Crippen molar-refractivity contribution in [1.29, 1.82) is 5.26 Å². The molecule has 2 fully saturated rings. The molecule has 2 atom stereocenters. The largest absolute Gasteiger partial charge is 0.315 e. The normalized spacial score (nSPS) is 27.0. The van der Waals surface area contributed by atoms with Crippen LogP contribution in [0.15, 0.2) is 29.3 Å². The van der Waals surface area contributed by atoms with Gasteiger partial charge in [-0.15, -0.1) is 0 Å². The van der Waals surface area contributed by atoms with Crippen molar-refractivity contribution in [3.63, 3.8) is 0 Å². The smallest absolute Gasteiger partial charge is 0.262 e. The molecule has 0 saturated carbocycles. The van der Waals surface area contributed by atoms with Crippen LogP contribution in [0.1, 0.15) is 12.0 Å². The molecule has 6 nitrogen and oxygen atoms in total. The van der Waals surface area contributed by atoms with Gasteiger partial charge in [-0.1, -0.05) is 30.0 Å². The molecule has 3 rings (SSSR count). The summed E-state index contributed by atoms with van der Waals surface area (Å²) in [7, 11) is -3.08. The Balaban J connectivity index is 2.03. The predicted molar refractivity (Wildman–Crippen MR) is 90.2 cm³/mol. The second kappa shape index (κ2) is 5.98. The summed E-state index contributed by atoms with van der Waals surface area (Å²) >= 11 is 1.32. The minimum atomic E-state index is -3.08. The van der Waals surface area contributed by atoms with E-state index in [1.54, 1.807) is 6.07 Å². The molecule has 0 spiro atoms. The summed E-state index contributed by atoms with van der Waals surface area (Å²) in [5.74, 6) is -0.350. The number of sulfone groups is 1. The molecule has 0 radical (unpaired) electrons. The van der Waals surface area contributed by atoms with Crippen LogP contribution in [-0.4, -0.2) is 42.3 Å². The molecule has 1 aromatic carbocycles. The van der Waals surface area contributed by atoms with Gasteiger partial charge in [-0.25, -0.2) is 8.42 Å². The lowest BCUT2D eigenvalue weighted by atomic mass is 10.1. The first-order valence-corrected chi connectivity index (χ1v) is 9.82. The number of carbonyl (C=O) groups is 1. The average molecular weight is 349 g/mol. The van der Waals surface area contributed by atoms with Gasteiger partial charge in [0, 0.05) is 10.9 Å². The highest BCUT2D eigenvalue weighted by Gasteiger charge is 2.49. The van der Waals surface area contributed by atoms with Crippen LogP contribution in [0.2, 0.25) is 0 Å². The van der Waals surface area contributed by atoms with Gasteiger partial charge in [0.15, 0.2) is 15.0 Å². The molecule has 23 heavy (non-hydrogen) atoms. The lowest BCUT2D eigenvalue weighted by molar-refractivity contribution is -0.116. The number of nitrogens with zero attached hydrogens (tertiary/aromatic N) is 3. The number of amides is 1. The number of thioether (sulfide) groups is 1. The summed E-state index contributed by atoms with van der Waals surface area (Å²) in [6.07, 6.45) is -0.278. The summed E-state index contributed by atoms with van der Waals surface area (Å²) < 4.78 is 23.9. The summed E-state index contributed by atoms with van der Waals surface area (Å²) in [4.78, 5) is 17.6. The predicted octanol–water partition coefficient (Wildman–Crippen LogP) is 1.51. The second-order valence-corrected chi connectivity index (χ2v) is 8.94. The molecule has 2 aliphatic rings. The topological polar surface area (TPSA) is 90.6 Å². The zero-order valence-electron chi connectivity index (χ0n) is 12.5. The van der Waals surface area contributed by atoms with E-state index in [4.69, 9.17) is 5.26 Å². The molecule has 0 aromatic heterocycles. The Morgan fingerprint density at radius 3 is 2.87 bits per heavy atom. The zero-order chi connectivity index (χ0) is 16.6. The van der Waals surface area contributed by atoms with Crippen molar-refractivity contribution < 1.29 is 13.2 Å². The molecule has 2 heterocycles. The number of hydrogen-bond acceptors (Lipinski definition) is 5. The first kappa shape index (κ1) is 16.0. The molecule has 2 aliphatic heterocycles. The van der Waals surface area contributed by atoms with Crippen LogP contribution in [0.5, 0.6) is 0 Å². The second-order valence-electron chi connectivity index (χ2n) is 5.58. The Labute approximate surface area is 139 Å². The Hall–Kier alpha value is -1.85. The number of para-hydroxylation sites is 1. The van der Waals surface area contributed by atoms with Gasteiger partial charge in [0.2, 0.25) is 0 Å². The van der Waals surface area contributed by atoms with Crippen molar-refractivity contribution in [2.45, 2.75) is 24.6 Å². The number of aliphatic imine (C=N–C) groups is 1. The summed E-state index contributed by atoms with van der Waals surface area (Å²) in [6.45, 7) is 1.94. The van der Waals surface area contributed by atoms with E-state index in [2.05, 4.69) is 4.99 Å². The van der Waals surface area contributed by atoms with Crippen molar-refractivity contribution >= 4 is 38.4 Å². The lowest BCUT2D eigenvalue weighted by Gasteiger charge is -2.26. The molecule has 120 valence electrons. The maximum absolute atomic E-state index is 11.9. The molecule has 1 aromatic rings. The van der Waals surface area contributed by atoms with Gasteiger partial charge in [-0.2, -0.15) is 10.3 Å². The van der Waals surface area contributed by atoms with E-state index in [0.29, 0.717) is 5.17 Å². The number of carbonyl (C=O) groups excluding carboxylic acids is 1. The third-order valence-corrected chi connectivity index (χ3v) is 7.10. The van der Waals surface area contributed by atoms with Gasteiger partial charge in [-0.3, -0.25) is 4.79 Å². The van der Waals surface area contributed by atoms with E-state index in [-0.39, 0.29) is 29.2 Å². The van der Waals surface area contributed by atoms with Crippen molar-refractivity contribution in [3.05, 3.63) is 29.8 Å². The van der Waals surface area contributed by atoms with Crippen LogP contribution in [0, 0.1) is 18.3 Å². The number of fused-ring (bicyclic) bond motifs is 1. The quantitative estimate of drug-likeness (QED) is 0.804. The zero-order valence-corrected chi connectivity index (χ0v) is 14.1. The molecule has 0 bridgehead atoms. The van der Waals surface area contributed by atoms with E-state index in [1.165, 1.54) is 11.8 Å². The van der Waals surface area contributed by atoms with Crippen molar-refractivity contribution in [2.24, 2.45) is 4.99 Å². The summed E-state index contributed by atoms with van der Waals surface area (Å²) in [6, 6.07) is 9.18. The van der Waals surface area contributed by atoms with E-state index in [9.17, 15) is 13.2 Å². The fourth-order valence-corrected chi connectivity index (χ4v) is 6.82. The number of anilines is 1. The summed E-state index contributed by atoms with van der Waals surface area (Å²) in [5.41, 5.74) is 1.84. The molecular weight excluding hydrogens is 334 g/mol. The lowest BCUT2D eigenvalue weighted by Crippen LogP contribution is -2.38. The van der Waals surface area contributed by atoms with Gasteiger partial charge in [0.25, 0.3) is 5.91 Å². The number of benzene rings is 1. The monoisotopic (exact) mass is 349 g/mol. The number of nitriles is 1. The molecule has 2 saturated heterocycles. The Morgan fingerprint density at radius 2 is 2.17 bits per heavy atom. The highest BCUT2D eigenvalue weighted by atomic mass is 32.2. The Kier molecular flexibility index (Phi) is 4.17. The van der Waals surface area contributed by atoms with Crippen LogP contribution in [0.4, 0.5) is 5.69 Å². The van der Waals surface area contributed by atoms with Crippen LogP contribution >= 0.6 is 11.8 Å². The maximum atomic E-state index is 11.9. The summed E-state index contributed by atoms with van der Waals surface area (Å²) in [5, 5.41) is 8.99. The highest BCUT2D eigenvalue weighted by molar-refractivity contribution is 8.16. The Bertz CT molecular complexity index is 827. The van der Waals surface area contributed by atoms with Crippen LogP contribution < -0.4 is 4.90 Å². The number of rotatable bonds is 2.